The highest BCUT2D eigenvalue weighted by molar-refractivity contribution is 6.06. The van der Waals surface area contributed by atoms with Crippen molar-refractivity contribution in [1.82, 2.24) is 4.90 Å². The molecule has 0 aromatic heterocycles. The molecular weight excluding hydrogens is 204 g/mol. The maximum atomic E-state index is 10.8. The van der Waals surface area contributed by atoms with Gasteiger partial charge < -0.3 is 26.6 Å². The lowest BCUT2D eigenvalue weighted by Gasteiger charge is -2.29. The molecule has 82 valence electrons. The summed E-state index contributed by atoms with van der Waals surface area (Å²) in [5.41, 5.74) is 10.3. The van der Waals surface area contributed by atoms with Crippen molar-refractivity contribution in [3.63, 3.8) is 0 Å². The summed E-state index contributed by atoms with van der Waals surface area (Å²) in [7, 11) is 1.33. The first-order valence-electron chi connectivity index (χ1n) is 3.89. The van der Waals surface area contributed by atoms with Crippen LogP contribution in [0.2, 0.25) is 0 Å². The van der Waals surface area contributed by atoms with E-state index in [0.717, 1.165) is 4.90 Å². The molecule has 6 N–H and O–H groups in total. The molecule has 1 aliphatic rings. The van der Waals surface area contributed by atoms with E-state index in [-0.39, 0.29) is 11.7 Å². The van der Waals surface area contributed by atoms with Gasteiger partial charge in [-0.2, -0.15) is 0 Å². The van der Waals surface area contributed by atoms with Gasteiger partial charge in [0.15, 0.2) is 11.7 Å². The number of nitrogens with zero attached hydrogens (tertiary/aromatic N) is 2. The molecule has 1 unspecified atom stereocenters. The lowest BCUT2D eigenvalue weighted by molar-refractivity contribution is -0.140. The van der Waals surface area contributed by atoms with E-state index in [2.05, 4.69) is 4.99 Å². The summed E-state index contributed by atoms with van der Waals surface area (Å²) in [5.74, 6) is -3.14. The molecule has 0 bridgehead atoms. The number of nitrogens with two attached hydrogens (primary N) is 2. The summed E-state index contributed by atoms with van der Waals surface area (Å²) in [4.78, 5) is 25.9. The standard InChI is InChI=1S/C7H10N4O4/c1-11-3(7(14)15)4(8)10-2(5(11)9)6(12)13/h3H,9H2,1H3,(H2,8,10)(H,12,13)(H,14,15). The number of aliphatic imine (C=N–C) groups is 1. The molecule has 0 aliphatic carbocycles. The van der Waals surface area contributed by atoms with E-state index in [1.54, 1.807) is 0 Å². The molecule has 0 fully saturated rings. The van der Waals surface area contributed by atoms with E-state index in [1.807, 2.05) is 0 Å². The van der Waals surface area contributed by atoms with E-state index < -0.39 is 23.7 Å². The normalized spacial score (nSPS) is 21.3. The second-order valence-corrected chi connectivity index (χ2v) is 2.93. The third-order valence-electron chi connectivity index (χ3n) is 1.97. The van der Waals surface area contributed by atoms with Crippen LogP contribution in [0.25, 0.3) is 0 Å². The molecule has 1 rings (SSSR count). The van der Waals surface area contributed by atoms with Crippen LogP contribution in [0.5, 0.6) is 0 Å². The van der Waals surface area contributed by atoms with Crippen molar-refractivity contribution in [3.8, 4) is 0 Å². The van der Waals surface area contributed by atoms with Crippen molar-refractivity contribution < 1.29 is 19.8 Å². The third-order valence-corrected chi connectivity index (χ3v) is 1.97. The number of aliphatic carboxylic acids is 2. The van der Waals surface area contributed by atoms with E-state index in [4.69, 9.17) is 21.7 Å². The zero-order valence-corrected chi connectivity index (χ0v) is 7.84. The van der Waals surface area contributed by atoms with Gasteiger partial charge in [0.05, 0.1) is 0 Å². The van der Waals surface area contributed by atoms with Gasteiger partial charge in [0, 0.05) is 7.05 Å². The predicted molar refractivity (Wildman–Crippen MR) is 49.7 cm³/mol. The number of rotatable bonds is 2. The van der Waals surface area contributed by atoms with Gasteiger partial charge in [-0.15, -0.1) is 0 Å². The Bertz CT molecular complexity index is 386. The van der Waals surface area contributed by atoms with E-state index >= 15 is 0 Å². The summed E-state index contributed by atoms with van der Waals surface area (Å²) in [5, 5.41) is 17.5. The lowest BCUT2D eigenvalue weighted by Crippen LogP contribution is -2.52. The summed E-state index contributed by atoms with van der Waals surface area (Å²) in [6.07, 6.45) is 0. The number of carbonyl (C=O) groups is 2. The minimum absolute atomic E-state index is 0.232. The fraction of sp³-hybridized carbons (Fsp3) is 0.286. The van der Waals surface area contributed by atoms with Crippen molar-refractivity contribution in [1.29, 1.82) is 0 Å². The van der Waals surface area contributed by atoms with Crippen LogP contribution in [-0.2, 0) is 9.59 Å². The number of amidine groups is 1. The second-order valence-electron chi connectivity index (χ2n) is 2.93. The second kappa shape index (κ2) is 3.48. The van der Waals surface area contributed by atoms with Gasteiger partial charge in [-0.25, -0.2) is 14.6 Å². The van der Waals surface area contributed by atoms with Crippen LogP contribution in [0.3, 0.4) is 0 Å². The van der Waals surface area contributed by atoms with Crippen molar-refractivity contribution in [3.05, 3.63) is 11.5 Å². The van der Waals surface area contributed by atoms with Crippen LogP contribution in [0.15, 0.2) is 16.5 Å². The third kappa shape index (κ3) is 1.68. The molecule has 1 atom stereocenters. The lowest BCUT2D eigenvalue weighted by atomic mass is 10.2. The van der Waals surface area contributed by atoms with Crippen LogP contribution in [0.4, 0.5) is 0 Å². The first kappa shape index (κ1) is 10.8. The Labute approximate surface area is 84.5 Å². The molecule has 0 amide bonds. The molecule has 0 aromatic rings. The smallest absolute Gasteiger partial charge is 0.358 e. The van der Waals surface area contributed by atoms with Gasteiger partial charge in [0.2, 0.25) is 0 Å². The molecule has 0 saturated carbocycles. The van der Waals surface area contributed by atoms with Crippen LogP contribution < -0.4 is 11.5 Å². The molecule has 0 aromatic carbocycles. The predicted octanol–water partition coefficient (Wildman–Crippen LogP) is -2.05. The van der Waals surface area contributed by atoms with Crippen LogP contribution in [0, 0.1) is 0 Å². The summed E-state index contributed by atoms with van der Waals surface area (Å²) < 4.78 is 0. The summed E-state index contributed by atoms with van der Waals surface area (Å²) >= 11 is 0. The molecule has 0 radical (unpaired) electrons. The maximum Gasteiger partial charge on any atom is 0.358 e. The van der Waals surface area contributed by atoms with Crippen LogP contribution >= 0.6 is 0 Å². The number of hydrogen-bond acceptors (Lipinski definition) is 6. The minimum atomic E-state index is -1.36. The Morgan fingerprint density at radius 3 is 2.33 bits per heavy atom. The monoisotopic (exact) mass is 214 g/mol. The van der Waals surface area contributed by atoms with Gasteiger partial charge in [-0.1, -0.05) is 0 Å². The fourth-order valence-electron chi connectivity index (χ4n) is 1.20. The SMILES string of the molecule is CN1C(N)=C(C(=O)O)N=C(N)C1C(=O)O. The number of hydrogen-bond donors (Lipinski definition) is 4. The van der Waals surface area contributed by atoms with E-state index in [1.165, 1.54) is 7.05 Å². The molecule has 8 nitrogen and oxygen atoms in total. The Kier molecular flexibility index (Phi) is 2.51. The largest absolute Gasteiger partial charge is 0.479 e. The molecule has 8 heteroatoms. The number of likely N-dealkylation sites (N-methyl/N-ethyl adjacent to an activating group) is 1. The molecule has 1 aliphatic heterocycles. The molecule has 1 heterocycles. The van der Waals surface area contributed by atoms with Gasteiger partial charge in [0.25, 0.3) is 0 Å². The van der Waals surface area contributed by atoms with Gasteiger partial charge >= 0.3 is 11.9 Å². The van der Waals surface area contributed by atoms with Gasteiger partial charge in [0.1, 0.15) is 11.7 Å². The quantitative estimate of drug-likeness (QED) is 0.414. The van der Waals surface area contributed by atoms with Crippen molar-refractivity contribution in [2.75, 3.05) is 7.05 Å². The zero-order valence-electron chi connectivity index (χ0n) is 7.84. The Balaban J connectivity index is 3.21. The van der Waals surface area contributed by atoms with Gasteiger partial charge in [-0.3, -0.25) is 0 Å². The van der Waals surface area contributed by atoms with Crippen LogP contribution in [-0.4, -0.2) is 46.0 Å². The van der Waals surface area contributed by atoms with Crippen molar-refractivity contribution >= 4 is 17.8 Å². The van der Waals surface area contributed by atoms with Crippen LogP contribution in [0.1, 0.15) is 0 Å². The Hall–Kier alpha value is -2.25. The van der Waals surface area contributed by atoms with Crippen molar-refractivity contribution in [2.24, 2.45) is 16.5 Å². The highest BCUT2D eigenvalue weighted by atomic mass is 16.4. The minimum Gasteiger partial charge on any atom is -0.479 e. The number of carboxylic acids is 2. The van der Waals surface area contributed by atoms with E-state index in [9.17, 15) is 9.59 Å². The topological polar surface area (TPSA) is 142 Å². The Morgan fingerprint density at radius 1 is 1.40 bits per heavy atom. The molecular formula is C7H10N4O4. The highest BCUT2D eigenvalue weighted by Crippen LogP contribution is 2.15. The molecule has 0 saturated heterocycles. The maximum absolute atomic E-state index is 10.8. The first-order chi connectivity index (χ1) is 6.86. The first-order valence-corrected chi connectivity index (χ1v) is 3.89. The average molecular weight is 214 g/mol. The van der Waals surface area contributed by atoms with E-state index in [0.29, 0.717) is 0 Å². The average Bonchev–Trinajstić information content (AvgIpc) is 2.10. The molecule has 15 heavy (non-hydrogen) atoms. The Morgan fingerprint density at radius 2 is 1.93 bits per heavy atom. The summed E-state index contributed by atoms with van der Waals surface area (Å²) in [6, 6.07) is -1.23. The zero-order chi connectivity index (χ0) is 11.7. The fourth-order valence-corrected chi connectivity index (χ4v) is 1.20. The molecule has 0 spiro atoms. The number of carboxylic acid groups (broad SMARTS) is 2. The highest BCUT2D eigenvalue weighted by Gasteiger charge is 2.34. The van der Waals surface area contributed by atoms with Crippen molar-refractivity contribution in [2.45, 2.75) is 6.04 Å². The van der Waals surface area contributed by atoms with Gasteiger partial charge in [-0.05, 0) is 0 Å². The summed E-state index contributed by atoms with van der Waals surface area (Å²) in [6.45, 7) is 0.